The Morgan fingerprint density at radius 3 is 1.53 bits per heavy atom. The van der Waals surface area contributed by atoms with E-state index in [-0.39, 0.29) is 0 Å². The molecule has 3 aromatic heterocycles. The van der Waals surface area contributed by atoms with E-state index < -0.39 is 0 Å². The highest BCUT2D eigenvalue weighted by atomic mass is 16.3. The number of rotatable bonds is 4. The van der Waals surface area contributed by atoms with Crippen LogP contribution in [0, 0.1) is 0 Å². The lowest BCUT2D eigenvalue weighted by Crippen LogP contribution is -2.00. The van der Waals surface area contributed by atoms with Crippen LogP contribution in [0.25, 0.3) is 111 Å². The topological polar surface area (TPSA) is 64.7 Å². The molecule has 0 radical (unpaired) electrons. The molecule has 0 aliphatic carbocycles. The number of para-hydroxylation sites is 1. The predicted molar refractivity (Wildman–Crippen MR) is 217 cm³/mol. The second-order valence-electron chi connectivity index (χ2n) is 13.4. The Labute approximate surface area is 303 Å². The van der Waals surface area contributed by atoms with E-state index in [1.807, 2.05) is 60.7 Å². The molecule has 0 unspecified atom stereocenters. The van der Waals surface area contributed by atoms with Gasteiger partial charge in [-0.15, -0.1) is 0 Å². The van der Waals surface area contributed by atoms with E-state index in [1.54, 1.807) is 0 Å². The first kappa shape index (κ1) is 29.5. The van der Waals surface area contributed by atoms with Crippen LogP contribution in [0.4, 0.5) is 0 Å². The van der Waals surface area contributed by atoms with Crippen LogP contribution in [-0.2, 0) is 0 Å². The van der Waals surface area contributed by atoms with Crippen LogP contribution >= 0.6 is 0 Å². The van der Waals surface area contributed by atoms with Gasteiger partial charge in [0.1, 0.15) is 11.2 Å². The first-order valence-corrected chi connectivity index (χ1v) is 17.7. The van der Waals surface area contributed by atoms with Gasteiger partial charge in [-0.2, -0.15) is 0 Å². The van der Waals surface area contributed by atoms with Gasteiger partial charge in [-0.1, -0.05) is 158 Å². The smallest absolute Gasteiger partial charge is 0.164 e. The maximum absolute atomic E-state index is 6.23. The molecule has 0 spiro atoms. The number of aromatic nitrogens is 4. The van der Waals surface area contributed by atoms with Crippen molar-refractivity contribution in [3.8, 4) is 45.3 Å². The van der Waals surface area contributed by atoms with E-state index in [4.69, 9.17) is 24.4 Å². The maximum atomic E-state index is 6.23. The first-order chi connectivity index (χ1) is 26.3. The third-order valence-corrected chi connectivity index (χ3v) is 10.3. The van der Waals surface area contributed by atoms with Crippen molar-refractivity contribution >= 4 is 65.3 Å². The van der Waals surface area contributed by atoms with Crippen molar-refractivity contribution in [2.75, 3.05) is 0 Å². The Hall–Kier alpha value is -7.24. The van der Waals surface area contributed by atoms with Gasteiger partial charge in [0.2, 0.25) is 0 Å². The third kappa shape index (κ3) is 4.71. The van der Waals surface area contributed by atoms with Gasteiger partial charge in [-0.3, -0.25) is 0 Å². The molecular weight excluding hydrogens is 649 g/mol. The normalized spacial score (nSPS) is 11.8. The molecule has 5 heteroatoms. The predicted octanol–water partition coefficient (Wildman–Crippen LogP) is 12.4. The molecule has 8 aromatic carbocycles. The monoisotopic (exact) mass is 676 g/mol. The number of nitrogens with zero attached hydrogens (tertiary/aromatic N) is 4. The van der Waals surface area contributed by atoms with Crippen LogP contribution in [-0.4, -0.2) is 19.9 Å². The largest absolute Gasteiger partial charge is 0.456 e. The van der Waals surface area contributed by atoms with E-state index in [0.29, 0.717) is 17.5 Å². The van der Waals surface area contributed by atoms with E-state index in [1.165, 1.54) is 10.8 Å². The zero-order chi connectivity index (χ0) is 34.9. The van der Waals surface area contributed by atoms with Gasteiger partial charge in [-0.05, 0) is 28.5 Å². The summed E-state index contributed by atoms with van der Waals surface area (Å²) in [5.74, 6) is 1.82. The summed E-state index contributed by atoms with van der Waals surface area (Å²) in [6, 6.07) is 58.7. The lowest BCUT2D eigenvalue weighted by Gasteiger charge is -2.15. The molecule has 0 atom stereocenters. The number of furan rings is 1. The average Bonchev–Trinajstić information content (AvgIpc) is 3.62. The molecule has 0 aliphatic rings. The summed E-state index contributed by atoms with van der Waals surface area (Å²) in [4.78, 5) is 20.6. The van der Waals surface area contributed by atoms with Crippen LogP contribution in [0.15, 0.2) is 174 Å². The summed E-state index contributed by atoms with van der Waals surface area (Å²) < 4.78 is 6.23. The Morgan fingerprint density at radius 2 is 0.849 bits per heavy atom. The maximum Gasteiger partial charge on any atom is 0.164 e. The minimum absolute atomic E-state index is 0.597. The quantitative estimate of drug-likeness (QED) is 0.137. The van der Waals surface area contributed by atoms with Crippen molar-refractivity contribution in [3.05, 3.63) is 170 Å². The highest BCUT2D eigenvalue weighted by Crippen LogP contribution is 2.41. The van der Waals surface area contributed by atoms with Gasteiger partial charge < -0.3 is 4.42 Å². The van der Waals surface area contributed by atoms with Crippen molar-refractivity contribution in [1.29, 1.82) is 0 Å². The second kappa shape index (κ2) is 11.7. The fourth-order valence-electron chi connectivity index (χ4n) is 7.81. The molecule has 5 nitrogen and oxygen atoms in total. The van der Waals surface area contributed by atoms with Crippen LogP contribution in [0.3, 0.4) is 0 Å². The van der Waals surface area contributed by atoms with E-state index in [9.17, 15) is 0 Å². The Kier molecular flexibility index (Phi) is 6.48. The summed E-state index contributed by atoms with van der Waals surface area (Å²) in [6.07, 6.45) is 0. The summed E-state index contributed by atoms with van der Waals surface area (Å²) >= 11 is 0. The zero-order valence-corrected chi connectivity index (χ0v) is 28.4. The van der Waals surface area contributed by atoms with Crippen LogP contribution in [0.2, 0.25) is 0 Å². The number of fused-ring (bicyclic) bond motifs is 9. The number of pyridine rings is 1. The zero-order valence-electron chi connectivity index (χ0n) is 28.4. The number of benzene rings is 8. The van der Waals surface area contributed by atoms with E-state index >= 15 is 0 Å². The number of hydrogen-bond acceptors (Lipinski definition) is 5. The van der Waals surface area contributed by atoms with Gasteiger partial charge in [-0.25, -0.2) is 19.9 Å². The molecule has 0 aliphatic heterocycles. The molecule has 0 saturated heterocycles. The third-order valence-electron chi connectivity index (χ3n) is 10.3. The molecule has 0 N–H and O–H groups in total. The van der Waals surface area contributed by atoms with Gasteiger partial charge in [0.05, 0.1) is 11.0 Å². The van der Waals surface area contributed by atoms with Gasteiger partial charge in [0.15, 0.2) is 17.5 Å². The molecule has 53 heavy (non-hydrogen) atoms. The molecule has 11 rings (SSSR count). The molecule has 0 amide bonds. The number of hydrogen-bond donors (Lipinski definition) is 0. The molecule has 0 bridgehead atoms. The SMILES string of the molecule is c1ccc(-c2nc(-c3ccc(-c4c5ccc6ccccc6c5nc5c4ccc4ccccc45)cc3)nc(-c3cccc4oc5ccccc5c34)n2)cc1. The molecule has 3 heterocycles. The highest BCUT2D eigenvalue weighted by Gasteiger charge is 2.19. The first-order valence-electron chi connectivity index (χ1n) is 17.7. The summed E-state index contributed by atoms with van der Waals surface area (Å²) in [5.41, 5.74) is 8.62. The molecule has 11 aromatic rings. The standard InChI is InChI=1S/C48H28N4O/c1-2-13-32(14-3-1)46-50-47(52-48(51-46)39-18-10-20-41-43(39)36-17-8-9-19-40(36)53-41)33-23-21-31(22-24-33)42-37-27-25-29-11-4-6-15-34(29)44(37)49-45-35-16-7-5-12-30(35)26-28-38(42)45/h1-28H. The van der Waals surface area contributed by atoms with Crippen molar-refractivity contribution in [1.82, 2.24) is 19.9 Å². The molecule has 0 fully saturated rings. The average molecular weight is 677 g/mol. The minimum Gasteiger partial charge on any atom is -0.456 e. The van der Waals surface area contributed by atoms with Gasteiger partial charge in [0.25, 0.3) is 0 Å². The van der Waals surface area contributed by atoms with Crippen LogP contribution in [0.5, 0.6) is 0 Å². The summed E-state index contributed by atoms with van der Waals surface area (Å²) in [7, 11) is 0. The minimum atomic E-state index is 0.597. The fraction of sp³-hybridized carbons (Fsp3) is 0. The molecular formula is C48H28N4O. The van der Waals surface area contributed by atoms with Crippen molar-refractivity contribution in [3.63, 3.8) is 0 Å². The van der Waals surface area contributed by atoms with Crippen molar-refractivity contribution in [2.24, 2.45) is 0 Å². The van der Waals surface area contributed by atoms with Crippen molar-refractivity contribution in [2.45, 2.75) is 0 Å². The second-order valence-corrected chi connectivity index (χ2v) is 13.4. The Bertz CT molecular complexity index is 3130. The van der Waals surface area contributed by atoms with Crippen LogP contribution < -0.4 is 0 Å². The molecule has 0 saturated carbocycles. The van der Waals surface area contributed by atoms with Gasteiger partial charge in [0, 0.05) is 54.6 Å². The van der Waals surface area contributed by atoms with E-state index in [0.717, 1.165) is 82.3 Å². The fourth-order valence-corrected chi connectivity index (χ4v) is 7.81. The lowest BCUT2D eigenvalue weighted by molar-refractivity contribution is 0.669. The summed E-state index contributed by atoms with van der Waals surface area (Å²) in [5, 5.41) is 8.89. The molecule has 246 valence electrons. The van der Waals surface area contributed by atoms with Gasteiger partial charge >= 0.3 is 0 Å². The lowest BCUT2D eigenvalue weighted by atomic mass is 9.92. The van der Waals surface area contributed by atoms with Crippen molar-refractivity contribution < 1.29 is 4.42 Å². The Balaban J connectivity index is 1.12. The highest BCUT2D eigenvalue weighted by molar-refractivity contribution is 6.21. The summed E-state index contributed by atoms with van der Waals surface area (Å²) in [6.45, 7) is 0. The van der Waals surface area contributed by atoms with E-state index in [2.05, 4.69) is 109 Å². The Morgan fingerprint density at radius 1 is 0.321 bits per heavy atom. The van der Waals surface area contributed by atoms with Crippen LogP contribution in [0.1, 0.15) is 0 Å².